The van der Waals surface area contributed by atoms with Crippen LogP contribution in [0.1, 0.15) is 10.4 Å². The molecule has 0 unspecified atom stereocenters. The lowest BCUT2D eigenvalue weighted by Crippen LogP contribution is -2.49. The summed E-state index contributed by atoms with van der Waals surface area (Å²) in [5.74, 6) is 1.23. The first-order valence-electron chi connectivity index (χ1n) is 9.47. The Morgan fingerprint density at radius 1 is 1.28 bits per heavy atom. The summed E-state index contributed by atoms with van der Waals surface area (Å²) in [6, 6.07) is 9.27. The Bertz CT molecular complexity index is 1000. The van der Waals surface area contributed by atoms with E-state index in [0.717, 1.165) is 29.1 Å². The number of amides is 1. The quantitative estimate of drug-likeness (QED) is 0.640. The standard InChI is InChI=1S/C20H23N5O3S/c1-28-14-4-5-16-17(13-14)29-20(22-16)23-18-15(3-2-6-21-18)19(27)25-9-7-24(8-10-25)11-12-26/h2-6,13,26H,7-12H2,1H3,(H,21,22,23). The van der Waals surface area contributed by atoms with Crippen molar-refractivity contribution in [1.82, 2.24) is 19.8 Å². The summed E-state index contributed by atoms with van der Waals surface area (Å²) in [5, 5.41) is 13.0. The molecule has 1 fully saturated rings. The van der Waals surface area contributed by atoms with Crippen molar-refractivity contribution in [2.45, 2.75) is 0 Å². The van der Waals surface area contributed by atoms with E-state index in [4.69, 9.17) is 9.84 Å². The van der Waals surface area contributed by atoms with Crippen molar-refractivity contribution in [2.24, 2.45) is 0 Å². The fourth-order valence-electron chi connectivity index (χ4n) is 3.35. The molecule has 9 heteroatoms. The predicted molar refractivity (Wildman–Crippen MR) is 113 cm³/mol. The van der Waals surface area contributed by atoms with Crippen molar-refractivity contribution < 1.29 is 14.6 Å². The molecule has 1 aliphatic rings. The molecule has 1 aliphatic heterocycles. The van der Waals surface area contributed by atoms with Gasteiger partial charge in [0.15, 0.2) is 5.13 Å². The molecule has 1 saturated heterocycles. The van der Waals surface area contributed by atoms with E-state index < -0.39 is 0 Å². The van der Waals surface area contributed by atoms with Gasteiger partial charge < -0.3 is 20.1 Å². The minimum absolute atomic E-state index is 0.0490. The zero-order valence-electron chi connectivity index (χ0n) is 16.2. The molecule has 152 valence electrons. The average Bonchev–Trinajstić information content (AvgIpc) is 3.16. The summed E-state index contributed by atoms with van der Waals surface area (Å²) >= 11 is 1.49. The molecule has 0 radical (unpaired) electrons. The maximum absolute atomic E-state index is 13.1. The second-order valence-electron chi connectivity index (χ2n) is 6.73. The highest BCUT2D eigenvalue weighted by Gasteiger charge is 2.24. The van der Waals surface area contributed by atoms with Crippen molar-refractivity contribution in [3.63, 3.8) is 0 Å². The topological polar surface area (TPSA) is 90.8 Å². The molecule has 3 heterocycles. The number of hydrogen-bond donors (Lipinski definition) is 2. The third-order valence-corrected chi connectivity index (χ3v) is 5.87. The fraction of sp³-hybridized carbons (Fsp3) is 0.350. The lowest BCUT2D eigenvalue weighted by Gasteiger charge is -2.34. The number of carbonyl (C=O) groups is 1. The molecule has 0 atom stereocenters. The van der Waals surface area contributed by atoms with E-state index in [9.17, 15) is 4.79 Å². The van der Waals surface area contributed by atoms with Gasteiger partial charge in [-0.15, -0.1) is 0 Å². The number of piperazine rings is 1. The molecule has 4 rings (SSSR count). The zero-order valence-corrected chi connectivity index (χ0v) is 17.0. The number of methoxy groups -OCH3 is 1. The van der Waals surface area contributed by atoms with Crippen molar-refractivity contribution in [1.29, 1.82) is 0 Å². The van der Waals surface area contributed by atoms with Crippen LogP contribution >= 0.6 is 11.3 Å². The Labute approximate surface area is 172 Å². The molecule has 8 nitrogen and oxygen atoms in total. The third-order valence-electron chi connectivity index (χ3n) is 4.93. The summed E-state index contributed by atoms with van der Waals surface area (Å²) in [5.41, 5.74) is 1.39. The monoisotopic (exact) mass is 413 g/mol. The number of aromatic nitrogens is 2. The minimum atomic E-state index is -0.0490. The van der Waals surface area contributed by atoms with Crippen LogP contribution in [0.15, 0.2) is 36.5 Å². The van der Waals surface area contributed by atoms with Gasteiger partial charge in [-0.05, 0) is 30.3 Å². The van der Waals surface area contributed by atoms with Gasteiger partial charge in [-0.3, -0.25) is 9.69 Å². The first-order valence-corrected chi connectivity index (χ1v) is 10.3. The molecule has 29 heavy (non-hydrogen) atoms. The van der Waals surface area contributed by atoms with Crippen LogP contribution in [0, 0.1) is 0 Å². The number of aliphatic hydroxyl groups is 1. The number of thiazole rings is 1. The molecular formula is C20H23N5O3S. The van der Waals surface area contributed by atoms with Crippen LogP contribution < -0.4 is 10.1 Å². The van der Waals surface area contributed by atoms with Gasteiger partial charge in [0.25, 0.3) is 5.91 Å². The van der Waals surface area contributed by atoms with Gasteiger partial charge in [0.05, 0.1) is 29.5 Å². The van der Waals surface area contributed by atoms with Gasteiger partial charge >= 0.3 is 0 Å². The lowest BCUT2D eigenvalue weighted by atomic mass is 10.2. The second-order valence-corrected chi connectivity index (χ2v) is 7.77. The van der Waals surface area contributed by atoms with Crippen LogP contribution in [0.25, 0.3) is 10.2 Å². The highest BCUT2D eigenvalue weighted by molar-refractivity contribution is 7.22. The largest absolute Gasteiger partial charge is 0.497 e. The van der Waals surface area contributed by atoms with Gasteiger partial charge in [0.2, 0.25) is 0 Å². The van der Waals surface area contributed by atoms with Crippen LogP contribution in [0.5, 0.6) is 5.75 Å². The number of carbonyl (C=O) groups excluding carboxylic acids is 1. The third kappa shape index (κ3) is 4.31. The maximum Gasteiger partial charge on any atom is 0.257 e. The molecule has 1 amide bonds. The fourth-order valence-corrected chi connectivity index (χ4v) is 4.24. The van der Waals surface area contributed by atoms with Gasteiger partial charge in [-0.1, -0.05) is 11.3 Å². The second kappa shape index (κ2) is 8.73. The average molecular weight is 414 g/mol. The number of nitrogens with one attached hydrogen (secondary N) is 1. The highest BCUT2D eigenvalue weighted by Crippen LogP contribution is 2.31. The molecule has 0 bridgehead atoms. The smallest absolute Gasteiger partial charge is 0.257 e. The number of aliphatic hydroxyl groups excluding tert-OH is 1. The summed E-state index contributed by atoms with van der Waals surface area (Å²) in [4.78, 5) is 26.0. The van der Waals surface area contributed by atoms with Crippen LogP contribution in [-0.2, 0) is 0 Å². The molecule has 2 aromatic heterocycles. The van der Waals surface area contributed by atoms with Crippen LogP contribution in [0.2, 0.25) is 0 Å². The van der Waals surface area contributed by atoms with Gasteiger partial charge in [0, 0.05) is 38.9 Å². The Morgan fingerprint density at radius 3 is 2.86 bits per heavy atom. The predicted octanol–water partition coefficient (Wildman–Crippen LogP) is 2.19. The Kier molecular flexibility index (Phi) is 5.89. The Morgan fingerprint density at radius 2 is 2.10 bits per heavy atom. The molecular weight excluding hydrogens is 390 g/mol. The molecule has 2 N–H and O–H groups in total. The molecule has 0 aliphatic carbocycles. The van der Waals surface area contributed by atoms with E-state index in [2.05, 4.69) is 20.2 Å². The molecule has 0 spiro atoms. The first kappa shape index (κ1) is 19.6. The normalized spacial score (nSPS) is 14.9. The number of β-amino-alcohol motifs (C(OH)–C–C–N with tert-alkyl or cyclic N) is 1. The number of rotatable bonds is 6. The number of benzene rings is 1. The minimum Gasteiger partial charge on any atom is -0.497 e. The van der Waals surface area contributed by atoms with Gasteiger partial charge in [0.1, 0.15) is 11.6 Å². The molecule has 1 aromatic carbocycles. The van der Waals surface area contributed by atoms with E-state index in [1.807, 2.05) is 23.1 Å². The number of anilines is 2. The van der Waals surface area contributed by atoms with Crippen LogP contribution in [0.4, 0.5) is 10.9 Å². The van der Waals surface area contributed by atoms with Gasteiger partial charge in [-0.2, -0.15) is 0 Å². The van der Waals surface area contributed by atoms with E-state index in [1.165, 1.54) is 11.3 Å². The number of pyridine rings is 1. The van der Waals surface area contributed by atoms with E-state index >= 15 is 0 Å². The van der Waals surface area contributed by atoms with E-state index in [0.29, 0.717) is 36.1 Å². The molecule has 3 aromatic rings. The summed E-state index contributed by atoms with van der Waals surface area (Å²) in [6.07, 6.45) is 1.66. The summed E-state index contributed by atoms with van der Waals surface area (Å²) in [7, 11) is 1.64. The summed E-state index contributed by atoms with van der Waals surface area (Å²) < 4.78 is 6.27. The van der Waals surface area contributed by atoms with Crippen LogP contribution in [-0.4, -0.2) is 77.2 Å². The van der Waals surface area contributed by atoms with Crippen molar-refractivity contribution in [3.05, 3.63) is 42.1 Å². The number of fused-ring (bicyclic) bond motifs is 1. The first-order chi connectivity index (χ1) is 14.2. The Hall–Kier alpha value is -2.75. The van der Waals surface area contributed by atoms with E-state index in [-0.39, 0.29) is 12.5 Å². The summed E-state index contributed by atoms with van der Waals surface area (Å²) in [6.45, 7) is 3.56. The lowest BCUT2D eigenvalue weighted by molar-refractivity contribution is 0.0615. The van der Waals surface area contributed by atoms with Gasteiger partial charge in [-0.25, -0.2) is 9.97 Å². The number of hydrogen-bond acceptors (Lipinski definition) is 8. The maximum atomic E-state index is 13.1. The van der Waals surface area contributed by atoms with Crippen molar-refractivity contribution in [3.8, 4) is 5.75 Å². The van der Waals surface area contributed by atoms with Crippen molar-refractivity contribution in [2.75, 3.05) is 51.8 Å². The number of nitrogens with zero attached hydrogens (tertiary/aromatic N) is 4. The molecule has 0 saturated carbocycles. The SMILES string of the molecule is COc1ccc2nc(Nc3ncccc3C(=O)N3CCN(CCO)CC3)sc2c1. The number of ether oxygens (including phenoxy) is 1. The zero-order chi connectivity index (χ0) is 20.2. The van der Waals surface area contributed by atoms with E-state index in [1.54, 1.807) is 25.4 Å². The van der Waals surface area contributed by atoms with Crippen molar-refractivity contribution >= 4 is 38.4 Å². The Balaban J connectivity index is 1.52. The van der Waals surface area contributed by atoms with Crippen LogP contribution in [0.3, 0.4) is 0 Å². The highest BCUT2D eigenvalue weighted by atomic mass is 32.1.